The summed E-state index contributed by atoms with van der Waals surface area (Å²) in [4.78, 5) is 27.5. The Balaban J connectivity index is -0.00000151. The van der Waals surface area contributed by atoms with Crippen LogP contribution in [0.3, 0.4) is 0 Å². The molecule has 2 heterocycles. The number of benzene rings is 1. The van der Waals surface area contributed by atoms with Crippen molar-refractivity contribution in [1.82, 2.24) is 15.2 Å². The number of hydrogen-bond donors (Lipinski definition) is 1. The van der Waals surface area contributed by atoms with E-state index in [2.05, 4.69) is 93.2 Å². The van der Waals surface area contributed by atoms with Crippen LogP contribution in [0.25, 0.3) is 11.4 Å². The summed E-state index contributed by atoms with van der Waals surface area (Å²) in [6.07, 6.45) is 9.02. The van der Waals surface area contributed by atoms with Gasteiger partial charge in [0.15, 0.2) is 10.7 Å². The Morgan fingerprint density at radius 3 is 2.15 bits per heavy atom. The van der Waals surface area contributed by atoms with Crippen LogP contribution >= 0.6 is 15.9 Å². The van der Waals surface area contributed by atoms with Gasteiger partial charge in [-0.3, -0.25) is 14.7 Å². The first kappa shape index (κ1) is 52.8. The van der Waals surface area contributed by atoms with E-state index in [0.29, 0.717) is 30.1 Å². The van der Waals surface area contributed by atoms with Gasteiger partial charge in [0.1, 0.15) is 24.1 Å². The zero-order chi connectivity index (χ0) is 38.9. The molecule has 13 heteroatoms. The van der Waals surface area contributed by atoms with Crippen LogP contribution in [0.5, 0.6) is 5.75 Å². The first-order chi connectivity index (χ1) is 24.6. The summed E-state index contributed by atoms with van der Waals surface area (Å²) in [6.45, 7) is 23.0. The molecular formula is C41H68BrIN4NaO6-. The molecule has 2 fully saturated rings. The number of nitrogens with one attached hydrogen (secondary N) is 1. The second-order valence-electron chi connectivity index (χ2n) is 16.3. The minimum atomic E-state index is -0.735. The number of carbonyl (C=O) groups excluding carboxylic acids is 2. The van der Waals surface area contributed by atoms with Crippen LogP contribution < -0.4 is 58.3 Å². The van der Waals surface area contributed by atoms with E-state index in [9.17, 15) is 9.59 Å². The molecule has 4 rings (SSSR count). The van der Waals surface area contributed by atoms with Crippen molar-refractivity contribution in [2.75, 3.05) is 26.9 Å². The molecule has 2 aliphatic rings. The van der Waals surface area contributed by atoms with Crippen LogP contribution in [-0.2, 0) is 23.8 Å². The Morgan fingerprint density at radius 1 is 1.09 bits per heavy atom. The molecule has 1 aromatic heterocycles. The van der Waals surface area contributed by atoms with Crippen molar-refractivity contribution in [1.29, 1.82) is 5.26 Å². The summed E-state index contributed by atoms with van der Waals surface area (Å²) in [5.41, 5.74) is 0.869. The fourth-order valence-electron chi connectivity index (χ4n) is 6.71. The molecule has 0 amide bonds. The number of unbranched alkanes of at least 4 members (excludes halogenated alkanes) is 1. The normalized spacial score (nSPS) is 20.5. The van der Waals surface area contributed by atoms with Crippen molar-refractivity contribution < 1.29 is 84.9 Å². The number of carbonyl (C=O) groups is 2. The molecule has 1 aliphatic carbocycles. The number of aromatic amines is 1. The Labute approximate surface area is 376 Å². The number of rotatable bonds is 12. The van der Waals surface area contributed by atoms with Crippen LogP contribution in [0.1, 0.15) is 134 Å². The molecule has 1 saturated heterocycles. The molecule has 0 radical (unpaired) electrons. The summed E-state index contributed by atoms with van der Waals surface area (Å²) in [7, 11) is 1.25. The van der Waals surface area contributed by atoms with Crippen LogP contribution in [0.15, 0.2) is 24.3 Å². The fraction of sp³-hybridized carbons (Fsp3) is 0.732. The Hall–Kier alpha value is -1.24. The van der Waals surface area contributed by atoms with Crippen molar-refractivity contribution in [3.05, 3.63) is 30.1 Å². The molecule has 304 valence electrons. The second kappa shape index (κ2) is 26.6. The van der Waals surface area contributed by atoms with Crippen molar-refractivity contribution >= 4 is 27.9 Å². The van der Waals surface area contributed by atoms with Gasteiger partial charge in [-0.2, -0.15) is 10.4 Å². The number of H-pyrrole nitrogens is 1. The third kappa shape index (κ3) is 17.9. The van der Waals surface area contributed by atoms with E-state index >= 15 is 0 Å². The molecule has 1 aliphatic heterocycles. The SMILES string of the molecule is C1CCOC1.CCCCC(CC)COc1ccccc1-c1n[nH]c(C(Br)C(=O)OC2C(C(C)(C)C)CC(C)CC2C(C)(C)C)n1.COC(=O)CC#N.[H-].[HH].[I-].[Na+]. The molecular weight excluding hydrogens is 874 g/mol. The smallest absolute Gasteiger partial charge is 1.00 e. The van der Waals surface area contributed by atoms with Crippen LogP contribution in [0.2, 0.25) is 0 Å². The van der Waals surface area contributed by atoms with E-state index < -0.39 is 10.8 Å². The Kier molecular flexibility index (Phi) is 26.0. The number of para-hydroxylation sites is 1. The van der Waals surface area contributed by atoms with E-state index in [4.69, 9.17) is 24.5 Å². The average molecular weight is 943 g/mol. The van der Waals surface area contributed by atoms with Gasteiger partial charge in [0.2, 0.25) is 0 Å². The number of nitrogens with zero attached hydrogens (tertiary/aromatic N) is 3. The van der Waals surface area contributed by atoms with Crippen LogP contribution in [0.4, 0.5) is 0 Å². The number of methoxy groups -OCH3 is 1. The predicted molar refractivity (Wildman–Crippen MR) is 212 cm³/mol. The topological polar surface area (TPSA) is 136 Å². The minimum absolute atomic E-state index is 0. The molecule has 0 spiro atoms. The van der Waals surface area contributed by atoms with Gasteiger partial charge in [0.25, 0.3) is 0 Å². The Morgan fingerprint density at radius 2 is 1.69 bits per heavy atom. The predicted octanol–water partition coefficient (Wildman–Crippen LogP) is 4.41. The molecule has 1 saturated carbocycles. The van der Waals surface area contributed by atoms with Gasteiger partial charge in [-0.25, -0.2) is 4.98 Å². The Bertz CT molecular complexity index is 1390. The molecule has 10 nitrogen and oxygen atoms in total. The largest absolute Gasteiger partial charge is 1.00 e. The van der Waals surface area contributed by atoms with Gasteiger partial charge in [0, 0.05) is 26.5 Å². The third-order valence-electron chi connectivity index (χ3n) is 9.96. The molecule has 1 aromatic carbocycles. The maximum Gasteiger partial charge on any atom is 1.00 e. The molecule has 0 bridgehead atoms. The van der Waals surface area contributed by atoms with E-state index in [1.54, 1.807) is 6.07 Å². The number of halogens is 2. The summed E-state index contributed by atoms with van der Waals surface area (Å²) in [5, 5.41) is 15.3. The summed E-state index contributed by atoms with van der Waals surface area (Å²) in [6, 6.07) is 9.48. The van der Waals surface area contributed by atoms with E-state index in [0.717, 1.165) is 43.8 Å². The van der Waals surface area contributed by atoms with Gasteiger partial charge in [-0.1, -0.05) is 110 Å². The van der Waals surface area contributed by atoms with Gasteiger partial charge in [-0.15, -0.1) is 0 Å². The van der Waals surface area contributed by atoms with E-state index in [1.165, 1.54) is 39.2 Å². The number of alkyl halides is 1. The van der Waals surface area contributed by atoms with E-state index in [-0.39, 0.29) is 97.5 Å². The zero-order valence-corrected chi connectivity index (χ0v) is 40.5. The molecule has 4 unspecified atom stereocenters. The van der Waals surface area contributed by atoms with Crippen LogP contribution in [0, 0.1) is 45.8 Å². The molecule has 4 atom stereocenters. The third-order valence-corrected chi connectivity index (χ3v) is 10.8. The van der Waals surface area contributed by atoms with Gasteiger partial charge >= 0.3 is 41.5 Å². The number of aromatic nitrogens is 3. The number of esters is 2. The maximum atomic E-state index is 13.6. The van der Waals surface area contributed by atoms with Gasteiger partial charge < -0.3 is 44.4 Å². The van der Waals surface area contributed by atoms with Gasteiger partial charge in [-0.05, 0) is 66.9 Å². The van der Waals surface area contributed by atoms with Crippen molar-refractivity contribution in [2.45, 2.75) is 131 Å². The second-order valence-corrected chi connectivity index (χ2v) is 17.2. The first-order valence-electron chi connectivity index (χ1n) is 19.1. The van der Waals surface area contributed by atoms with Crippen LogP contribution in [-0.4, -0.2) is 60.2 Å². The molecule has 2 aromatic rings. The van der Waals surface area contributed by atoms with Crippen molar-refractivity contribution in [3.8, 4) is 23.2 Å². The average Bonchev–Trinajstić information content (AvgIpc) is 3.85. The molecule has 54 heavy (non-hydrogen) atoms. The summed E-state index contributed by atoms with van der Waals surface area (Å²) in [5.74, 6) is 2.58. The monoisotopic (exact) mass is 941 g/mol. The summed E-state index contributed by atoms with van der Waals surface area (Å²) >= 11 is 3.58. The number of hydrogen-bond acceptors (Lipinski definition) is 9. The minimum Gasteiger partial charge on any atom is -1.00 e. The van der Waals surface area contributed by atoms with E-state index in [1.807, 2.05) is 24.3 Å². The maximum absolute atomic E-state index is 13.6. The first-order valence-corrected chi connectivity index (χ1v) is 20.0. The van der Waals surface area contributed by atoms with Crippen molar-refractivity contribution in [2.24, 2.45) is 34.5 Å². The number of nitriles is 1. The quantitative estimate of drug-likeness (QED) is 0.142. The van der Waals surface area contributed by atoms with Gasteiger partial charge in [0.05, 0.1) is 25.3 Å². The fourth-order valence-corrected chi connectivity index (χ4v) is 7.03. The van der Waals surface area contributed by atoms with Crippen molar-refractivity contribution in [3.63, 3.8) is 0 Å². The standard InChI is InChI=1S/C33H52BrN3O3.C4H5NO2.C4H8O.HI.Na.H2.H/c1-10-12-15-22(11-2)20-39-26-17-14-13-16-23(26)29-35-30(37-36-29)27(34)31(38)40-28-24(32(4,5)6)18-21(3)19-25(28)33(7,8)9;1-7-4(6)2-3-5;1-2-4-5-3-1;;;;/h13-14,16-17,21-22,24-25,27-28H,10-12,15,18-20H2,1-9H3,(H,35,36,37);2H2,1H3;1-4H2;1H;;1H;/q;;;;+1;;-1/p-1. The number of ether oxygens (including phenoxy) is 4. The summed E-state index contributed by atoms with van der Waals surface area (Å²) < 4.78 is 21.7. The zero-order valence-electron chi connectivity index (χ0n) is 35.8. The molecule has 1 N–H and O–H groups in total.